The zero-order valence-electron chi connectivity index (χ0n) is 11.8. The van der Waals surface area contributed by atoms with Gasteiger partial charge in [-0.3, -0.25) is 9.69 Å². The summed E-state index contributed by atoms with van der Waals surface area (Å²) in [5.41, 5.74) is 0.882. The third-order valence-electron chi connectivity index (χ3n) is 3.54. The normalized spacial score (nSPS) is 25.5. The van der Waals surface area contributed by atoms with Crippen LogP contribution in [0.1, 0.15) is 12.5 Å². The summed E-state index contributed by atoms with van der Waals surface area (Å²) in [5.74, 6) is -5.33. The molecule has 0 spiro atoms. The van der Waals surface area contributed by atoms with Crippen molar-refractivity contribution in [3.05, 3.63) is 35.9 Å². The number of likely N-dealkylation sites (tertiary alicyclic amines) is 1. The lowest BCUT2D eigenvalue weighted by molar-refractivity contribution is -0.194. The van der Waals surface area contributed by atoms with Crippen molar-refractivity contribution in [2.75, 3.05) is 19.7 Å². The van der Waals surface area contributed by atoms with Gasteiger partial charge in [0.05, 0.1) is 13.2 Å². The zero-order valence-corrected chi connectivity index (χ0v) is 11.8. The smallest absolute Gasteiger partial charge is 0.313 e. The van der Waals surface area contributed by atoms with E-state index >= 15 is 0 Å². The van der Waals surface area contributed by atoms with Gasteiger partial charge in [-0.2, -0.15) is 0 Å². The molecular weight excluding hydrogens is 280 g/mol. The van der Waals surface area contributed by atoms with E-state index in [-0.39, 0.29) is 13.2 Å². The number of esters is 1. The number of ether oxygens (including phenoxy) is 1. The minimum atomic E-state index is -3.33. The maximum absolute atomic E-state index is 13.9. The molecule has 1 saturated heterocycles. The van der Waals surface area contributed by atoms with Crippen LogP contribution in [-0.4, -0.2) is 47.7 Å². The SMILES string of the molecule is CCOC(=O)[C@H]1CN(Cc2ccccc2)CC(F)(F)[C@@H]1O. The first-order valence-electron chi connectivity index (χ1n) is 6.93. The summed E-state index contributed by atoms with van der Waals surface area (Å²) in [6, 6.07) is 9.18. The van der Waals surface area contributed by atoms with E-state index in [0.717, 1.165) is 5.56 Å². The highest BCUT2D eigenvalue weighted by atomic mass is 19.3. The molecule has 6 heteroatoms. The first-order valence-corrected chi connectivity index (χ1v) is 6.93. The van der Waals surface area contributed by atoms with E-state index in [1.807, 2.05) is 30.3 Å². The average Bonchev–Trinajstić information content (AvgIpc) is 2.43. The Morgan fingerprint density at radius 3 is 2.71 bits per heavy atom. The first-order chi connectivity index (χ1) is 9.94. The standard InChI is InChI=1S/C15H19F2NO3/c1-2-21-14(20)12-9-18(10-15(16,17)13(12)19)8-11-6-4-3-5-7-11/h3-7,12-13,19H,2,8-10H2,1H3/t12-,13+/m0/s1. The Balaban J connectivity index is 2.11. The molecular formula is C15H19F2NO3. The van der Waals surface area contributed by atoms with Gasteiger partial charge in [0, 0.05) is 13.1 Å². The Labute approximate surface area is 122 Å². The van der Waals surface area contributed by atoms with Crippen LogP contribution in [0.2, 0.25) is 0 Å². The fraction of sp³-hybridized carbons (Fsp3) is 0.533. The van der Waals surface area contributed by atoms with Gasteiger partial charge >= 0.3 is 5.97 Å². The second-order valence-electron chi connectivity index (χ2n) is 5.22. The van der Waals surface area contributed by atoms with Gasteiger partial charge in [-0.15, -0.1) is 0 Å². The third-order valence-corrected chi connectivity index (χ3v) is 3.54. The summed E-state index contributed by atoms with van der Waals surface area (Å²) in [6.45, 7) is 1.50. The summed E-state index contributed by atoms with van der Waals surface area (Å²) >= 11 is 0. The molecule has 1 heterocycles. The summed E-state index contributed by atoms with van der Waals surface area (Å²) in [5, 5.41) is 9.70. The number of carbonyl (C=O) groups excluding carboxylic acids is 1. The number of rotatable bonds is 4. The first kappa shape index (κ1) is 15.9. The molecule has 2 rings (SSSR count). The van der Waals surface area contributed by atoms with Crippen molar-refractivity contribution >= 4 is 5.97 Å². The Bertz CT molecular complexity index is 481. The van der Waals surface area contributed by atoms with Gasteiger partial charge in [0.1, 0.15) is 12.0 Å². The van der Waals surface area contributed by atoms with E-state index in [1.54, 1.807) is 6.92 Å². The van der Waals surface area contributed by atoms with Crippen LogP contribution in [0.15, 0.2) is 30.3 Å². The number of hydrogen-bond acceptors (Lipinski definition) is 4. The Kier molecular flexibility index (Phi) is 4.90. The molecule has 21 heavy (non-hydrogen) atoms. The van der Waals surface area contributed by atoms with Crippen molar-refractivity contribution in [2.45, 2.75) is 25.5 Å². The monoisotopic (exact) mass is 299 g/mol. The Morgan fingerprint density at radius 1 is 1.43 bits per heavy atom. The van der Waals surface area contributed by atoms with Crippen molar-refractivity contribution in [1.82, 2.24) is 4.90 Å². The van der Waals surface area contributed by atoms with E-state index in [2.05, 4.69) is 0 Å². The highest BCUT2D eigenvalue weighted by Crippen LogP contribution is 2.32. The molecule has 1 aliphatic rings. The highest BCUT2D eigenvalue weighted by molar-refractivity contribution is 5.73. The Hall–Kier alpha value is -1.53. The van der Waals surface area contributed by atoms with Gasteiger partial charge in [-0.05, 0) is 12.5 Å². The number of piperidine rings is 1. The van der Waals surface area contributed by atoms with Crippen molar-refractivity contribution in [3.63, 3.8) is 0 Å². The van der Waals surface area contributed by atoms with Gasteiger partial charge in [0.2, 0.25) is 0 Å². The second-order valence-corrected chi connectivity index (χ2v) is 5.22. The van der Waals surface area contributed by atoms with Crippen LogP contribution in [0, 0.1) is 5.92 Å². The summed E-state index contributed by atoms with van der Waals surface area (Å²) in [7, 11) is 0. The van der Waals surface area contributed by atoms with Gasteiger partial charge in [-0.25, -0.2) is 8.78 Å². The van der Waals surface area contributed by atoms with E-state index in [0.29, 0.717) is 6.54 Å². The predicted molar refractivity (Wildman–Crippen MR) is 72.8 cm³/mol. The quantitative estimate of drug-likeness (QED) is 0.859. The topological polar surface area (TPSA) is 49.8 Å². The van der Waals surface area contributed by atoms with E-state index in [1.165, 1.54) is 4.90 Å². The van der Waals surface area contributed by atoms with Crippen molar-refractivity contribution in [2.24, 2.45) is 5.92 Å². The predicted octanol–water partition coefficient (Wildman–Crippen LogP) is 1.68. The molecule has 1 aliphatic heterocycles. The van der Waals surface area contributed by atoms with Crippen molar-refractivity contribution in [1.29, 1.82) is 0 Å². The lowest BCUT2D eigenvalue weighted by atomic mass is 9.91. The lowest BCUT2D eigenvalue weighted by Crippen LogP contribution is -2.58. The molecule has 0 aliphatic carbocycles. The van der Waals surface area contributed by atoms with Gasteiger partial charge in [0.15, 0.2) is 0 Å². The van der Waals surface area contributed by atoms with E-state index in [9.17, 15) is 18.7 Å². The number of nitrogens with zero attached hydrogens (tertiary/aromatic N) is 1. The zero-order chi connectivity index (χ0) is 15.5. The minimum absolute atomic E-state index is 0.0600. The van der Waals surface area contributed by atoms with Crippen LogP contribution in [0.3, 0.4) is 0 Å². The van der Waals surface area contributed by atoms with Gasteiger partial charge in [0.25, 0.3) is 5.92 Å². The van der Waals surface area contributed by atoms with Crippen LogP contribution < -0.4 is 0 Å². The van der Waals surface area contributed by atoms with E-state index < -0.39 is 30.5 Å². The number of halogens is 2. The fourth-order valence-electron chi connectivity index (χ4n) is 2.54. The van der Waals surface area contributed by atoms with Crippen LogP contribution in [0.5, 0.6) is 0 Å². The molecule has 0 unspecified atom stereocenters. The number of alkyl halides is 2. The second kappa shape index (κ2) is 6.49. The molecule has 1 N–H and O–H groups in total. The molecule has 1 fully saturated rings. The van der Waals surface area contributed by atoms with Crippen molar-refractivity contribution in [3.8, 4) is 0 Å². The molecule has 1 aromatic carbocycles. The van der Waals surface area contributed by atoms with Crippen LogP contribution in [-0.2, 0) is 16.1 Å². The number of carbonyl (C=O) groups is 1. The molecule has 4 nitrogen and oxygen atoms in total. The van der Waals surface area contributed by atoms with Gasteiger partial charge in [-0.1, -0.05) is 30.3 Å². The highest BCUT2D eigenvalue weighted by Gasteiger charge is 2.52. The fourth-order valence-corrected chi connectivity index (χ4v) is 2.54. The van der Waals surface area contributed by atoms with Crippen LogP contribution in [0.25, 0.3) is 0 Å². The Morgan fingerprint density at radius 2 is 2.10 bits per heavy atom. The lowest BCUT2D eigenvalue weighted by Gasteiger charge is -2.40. The minimum Gasteiger partial charge on any atom is -0.466 e. The molecule has 1 aromatic rings. The van der Waals surface area contributed by atoms with Crippen molar-refractivity contribution < 1.29 is 23.4 Å². The number of benzene rings is 1. The number of aliphatic hydroxyl groups is 1. The summed E-state index contributed by atoms with van der Waals surface area (Å²) in [6.07, 6.45) is -2.00. The summed E-state index contributed by atoms with van der Waals surface area (Å²) in [4.78, 5) is 13.2. The largest absolute Gasteiger partial charge is 0.466 e. The van der Waals surface area contributed by atoms with E-state index in [4.69, 9.17) is 4.74 Å². The molecule has 2 atom stereocenters. The average molecular weight is 299 g/mol. The molecule has 116 valence electrons. The molecule has 0 amide bonds. The molecule has 0 bridgehead atoms. The van der Waals surface area contributed by atoms with Crippen LogP contribution >= 0.6 is 0 Å². The third kappa shape index (κ3) is 3.77. The summed E-state index contributed by atoms with van der Waals surface area (Å²) < 4.78 is 32.6. The number of aliphatic hydroxyl groups excluding tert-OH is 1. The number of hydrogen-bond donors (Lipinski definition) is 1. The molecule has 0 saturated carbocycles. The van der Waals surface area contributed by atoms with Crippen LogP contribution in [0.4, 0.5) is 8.78 Å². The molecule has 0 aromatic heterocycles. The van der Waals surface area contributed by atoms with Gasteiger partial charge < -0.3 is 9.84 Å². The maximum atomic E-state index is 13.9. The maximum Gasteiger partial charge on any atom is 0.313 e. The molecule has 0 radical (unpaired) electrons.